The zero-order chi connectivity index (χ0) is 49.2. The number of nitrogens with two attached hydrogens (primary N) is 2. The van der Waals surface area contributed by atoms with Crippen molar-refractivity contribution in [1.82, 2.24) is 19.6 Å². The molecule has 0 bridgehead atoms. The lowest BCUT2D eigenvalue weighted by molar-refractivity contribution is 0.0923. The van der Waals surface area contributed by atoms with Crippen LogP contribution in [0, 0.1) is 10.8 Å². The second kappa shape index (κ2) is 29.6. The van der Waals surface area contributed by atoms with Crippen LogP contribution >= 0.6 is 21.6 Å². The van der Waals surface area contributed by atoms with E-state index in [1.807, 2.05) is 94.7 Å². The van der Waals surface area contributed by atoms with Gasteiger partial charge in [0.1, 0.15) is 13.2 Å². The summed E-state index contributed by atoms with van der Waals surface area (Å²) in [6.07, 6.45) is 6.68. The number of unbranched alkanes of at least 4 members (excludes halogenated alkanes) is 6. The number of nitrogens with one attached hydrogen (secondary N) is 2. The highest BCUT2D eigenvalue weighted by atomic mass is 33.1. The Morgan fingerprint density at radius 2 is 0.743 bits per heavy atom. The fourth-order valence-corrected chi connectivity index (χ4v) is 10.2. The summed E-state index contributed by atoms with van der Waals surface area (Å²) in [6.45, 7) is 5.38. The number of rotatable bonds is 29. The molecule has 370 valence electrons. The van der Waals surface area contributed by atoms with Crippen molar-refractivity contribution in [3.63, 3.8) is 0 Å². The van der Waals surface area contributed by atoms with Crippen LogP contribution in [0.4, 0.5) is 9.59 Å². The van der Waals surface area contributed by atoms with E-state index in [1.54, 1.807) is 31.4 Å². The summed E-state index contributed by atoms with van der Waals surface area (Å²) in [5.41, 5.74) is 16.0. The van der Waals surface area contributed by atoms with Crippen LogP contribution < -0.4 is 11.5 Å². The molecule has 0 aliphatic rings. The molecule has 0 atom stereocenters. The van der Waals surface area contributed by atoms with Gasteiger partial charge in [-0.15, -0.1) is 0 Å². The highest BCUT2D eigenvalue weighted by Crippen LogP contribution is 2.23. The number of benzene rings is 6. The molecule has 0 aliphatic carbocycles. The monoisotopic (exact) mass is 982 g/mol. The summed E-state index contributed by atoms with van der Waals surface area (Å²) in [4.78, 5) is 34.1. The number of hydrogen-bond acceptors (Lipinski definition) is 8. The number of hydrogen-bond donors (Lipinski definition) is 4. The van der Waals surface area contributed by atoms with Crippen LogP contribution in [0.15, 0.2) is 146 Å². The van der Waals surface area contributed by atoms with Gasteiger partial charge in [-0.3, -0.25) is 10.8 Å². The second-order valence-electron chi connectivity index (χ2n) is 17.5. The molecule has 6 aromatic carbocycles. The van der Waals surface area contributed by atoms with Gasteiger partial charge in [-0.05, 0) is 81.6 Å². The minimum Gasteiger partial charge on any atom is -0.445 e. The van der Waals surface area contributed by atoms with Crippen molar-refractivity contribution in [2.75, 3.05) is 50.8 Å². The first-order valence-corrected chi connectivity index (χ1v) is 27.0. The highest BCUT2D eigenvalue weighted by molar-refractivity contribution is 8.76. The molecule has 0 spiro atoms. The van der Waals surface area contributed by atoms with E-state index in [1.165, 1.54) is 10.8 Å². The average molecular weight is 983 g/mol. The fourth-order valence-electron chi connectivity index (χ4n) is 8.24. The van der Waals surface area contributed by atoms with Gasteiger partial charge in [-0.1, -0.05) is 181 Å². The van der Waals surface area contributed by atoms with E-state index >= 15 is 0 Å². The van der Waals surface area contributed by atoms with Gasteiger partial charge < -0.3 is 40.5 Å². The molecule has 0 radical (unpaired) electrons. The van der Waals surface area contributed by atoms with Gasteiger partial charge in [0.15, 0.2) is 11.9 Å². The molecular weight excluding hydrogens is 913 g/mol. The predicted molar refractivity (Wildman–Crippen MR) is 291 cm³/mol. The molecule has 0 fully saturated rings. The lowest BCUT2D eigenvalue weighted by atomic mass is 10.1. The van der Waals surface area contributed by atoms with Crippen LogP contribution in [0.5, 0.6) is 0 Å². The maximum absolute atomic E-state index is 13.3. The maximum Gasteiger partial charge on any atom is 0.410 e. The summed E-state index contributed by atoms with van der Waals surface area (Å²) >= 11 is 0. The Hall–Kier alpha value is -6.38. The summed E-state index contributed by atoms with van der Waals surface area (Å²) < 4.78 is 11.5. The topological polar surface area (TPSA) is 165 Å². The summed E-state index contributed by atoms with van der Waals surface area (Å²) in [5.74, 6) is 1.79. The number of ether oxygens (including phenoxy) is 2. The quantitative estimate of drug-likeness (QED) is 0.0154. The molecule has 0 saturated carbocycles. The first kappa shape index (κ1) is 53.0. The zero-order valence-corrected chi connectivity index (χ0v) is 42.0. The van der Waals surface area contributed by atoms with Crippen molar-refractivity contribution >= 4 is 67.2 Å². The van der Waals surface area contributed by atoms with Crippen molar-refractivity contribution in [3.05, 3.63) is 168 Å². The Bertz CT molecular complexity index is 2360. The number of amides is 2. The number of carbonyl (C=O) groups is 2. The molecule has 0 aromatic heterocycles. The van der Waals surface area contributed by atoms with Crippen LogP contribution in [0.3, 0.4) is 0 Å². The maximum atomic E-state index is 13.3. The molecule has 6 aromatic rings. The van der Waals surface area contributed by atoms with Crippen molar-refractivity contribution < 1.29 is 19.1 Å². The van der Waals surface area contributed by atoms with Crippen LogP contribution in [0.1, 0.15) is 73.6 Å². The standard InChI is InChI=1S/C56H70N8O4S2/c57-53(58)61(31-15-1-3-17-33-63(55(65)67-43-45-19-7-5-8-20-45)41-47-27-29-49-23-11-13-25-51(49)39-47)35-37-69-70-38-36-62(54(59)60)32-16-2-4-18-34-64(56(66)68-44-46-21-9-6-10-22-46)42-48-28-30-50-24-12-14-26-52(50)40-48/h5-14,19-30,39-40H,1-4,15-18,31-38,41-44H2,(H3,57,58)(H3,59,60). The van der Waals surface area contributed by atoms with E-state index in [2.05, 4.69) is 60.7 Å². The van der Waals surface area contributed by atoms with Gasteiger partial charge in [-0.2, -0.15) is 0 Å². The Balaban J connectivity index is 0.843. The van der Waals surface area contributed by atoms with E-state index in [9.17, 15) is 9.59 Å². The summed E-state index contributed by atoms with van der Waals surface area (Å²) in [6, 6.07) is 48.6. The first-order valence-electron chi connectivity index (χ1n) is 24.5. The van der Waals surface area contributed by atoms with Gasteiger partial charge >= 0.3 is 12.2 Å². The minimum absolute atomic E-state index is 0.0803. The lowest BCUT2D eigenvalue weighted by Gasteiger charge is -2.24. The normalized spacial score (nSPS) is 11.0. The molecule has 0 aliphatic heterocycles. The van der Waals surface area contributed by atoms with E-state index in [0.717, 1.165) is 95.9 Å². The van der Waals surface area contributed by atoms with Gasteiger partial charge in [0.05, 0.1) is 0 Å². The van der Waals surface area contributed by atoms with Crippen molar-refractivity contribution in [2.24, 2.45) is 11.5 Å². The summed E-state index contributed by atoms with van der Waals surface area (Å²) in [5, 5.41) is 21.0. The highest BCUT2D eigenvalue weighted by Gasteiger charge is 2.18. The predicted octanol–water partition coefficient (Wildman–Crippen LogP) is 11.9. The molecule has 0 saturated heterocycles. The average Bonchev–Trinajstić information content (AvgIpc) is 3.38. The Kier molecular flexibility index (Phi) is 22.4. The smallest absolute Gasteiger partial charge is 0.410 e. The van der Waals surface area contributed by atoms with Crippen LogP contribution in [0.2, 0.25) is 0 Å². The van der Waals surface area contributed by atoms with Crippen molar-refractivity contribution in [3.8, 4) is 0 Å². The molecular formula is C56H70N8O4S2. The largest absolute Gasteiger partial charge is 0.445 e. The van der Waals surface area contributed by atoms with E-state index in [0.29, 0.717) is 52.4 Å². The Morgan fingerprint density at radius 1 is 0.400 bits per heavy atom. The molecule has 0 heterocycles. The second-order valence-corrected chi connectivity index (χ2v) is 20.2. The number of guanidine groups is 2. The van der Waals surface area contributed by atoms with Crippen LogP contribution in [-0.4, -0.2) is 94.5 Å². The molecule has 14 heteroatoms. The molecule has 6 rings (SSSR count). The van der Waals surface area contributed by atoms with Crippen LogP contribution in [0.25, 0.3) is 21.5 Å². The third-order valence-corrected chi connectivity index (χ3v) is 14.5. The third kappa shape index (κ3) is 18.5. The van der Waals surface area contributed by atoms with Gasteiger partial charge in [-0.25, -0.2) is 9.59 Å². The van der Waals surface area contributed by atoms with Crippen molar-refractivity contribution in [1.29, 1.82) is 10.8 Å². The molecule has 0 unspecified atom stereocenters. The fraction of sp³-hybridized carbons (Fsp3) is 0.357. The van der Waals surface area contributed by atoms with E-state index in [-0.39, 0.29) is 37.3 Å². The molecule has 70 heavy (non-hydrogen) atoms. The Morgan fingerprint density at radius 3 is 1.11 bits per heavy atom. The van der Waals surface area contributed by atoms with E-state index in [4.69, 9.17) is 31.8 Å². The first-order chi connectivity index (χ1) is 34.2. The number of nitrogens with zero attached hydrogens (tertiary/aromatic N) is 4. The number of fused-ring (bicyclic) bond motifs is 2. The lowest BCUT2D eigenvalue weighted by Crippen LogP contribution is -2.39. The van der Waals surface area contributed by atoms with Crippen LogP contribution in [-0.2, 0) is 35.8 Å². The molecule has 12 nitrogen and oxygen atoms in total. The zero-order valence-electron chi connectivity index (χ0n) is 40.4. The van der Waals surface area contributed by atoms with Gasteiger partial charge in [0.25, 0.3) is 0 Å². The van der Waals surface area contributed by atoms with E-state index < -0.39 is 0 Å². The Labute approximate surface area is 422 Å². The van der Waals surface area contributed by atoms with Crippen molar-refractivity contribution in [2.45, 2.75) is 77.7 Å². The van der Waals surface area contributed by atoms with Gasteiger partial charge in [0, 0.05) is 63.9 Å². The summed E-state index contributed by atoms with van der Waals surface area (Å²) in [7, 11) is 3.49. The third-order valence-electron chi connectivity index (χ3n) is 12.2. The number of carbonyl (C=O) groups excluding carboxylic acids is 2. The van der Waals surface area contributed by atoms with Gasteiger partial charge in [0.2, 0.25) is 0 Å². The minimum atomic E-state index is -0.315. The molecule has 6 N–H and O–H groups in total. The molecule has 2 amide bonds. The SMILES string of the molecule is N=C(N)N(CCCCCCN(Cc1ccc2ccccc2c1)C(=O)OCc1ccccc1)CCSSCCN(CCCCCCN(Cc1ccc2ccccc2c1)C(=O)OCc1ccccc1)C(=N)N.